The van der Waals surface area contributed by atoms with Crippen LogP contribution in [-0.4, -0.2) is 44.0 Å². The minimum atomic E-state index is -4.05. The molecule has 3 rings (SSSR count). The maximum absolute atomic E-state index is 13.0. The largest absolute Gasteiger partial charge is 0.495 e. The lowest BCUT2D eigenvalue weighted by molar-refractivity contribution is -0.135. The number of pyridine rings is 1. The number of ether oxygens (including phenoxy) is 1. The monoisotopic (exact) mass is 415 g/mol. The number of anilines is 1. The van der Waals surface area contributed by atoms with Gasteiger partial charge in [0.2, 0.25) is 0 Å². The van der Waals surface area contributed by atoms with E-state index in [9.17, 15) is 18.0 Å². The van der Waals surface area contributed by atoms with E-state index in [0.29, 0.717) is 5.39 Å². The summed E-state index contributed by atoms with van der Waals surface area (Å²) >= 11 is 0. The van der Waals surface area contributed by atoms with Crippen LogP contribution in [0.15, 0.2) is 59.6 Å². The van der Waals surface area contributed by atoms with E-state index in [4.69, 9.17) is 9.84 Å². The van der Waals surface area contributed by atoms with Crippen molar-refractivity contribution in [3.8, 4) is 5.75 Å². The summed E-state index contributed by atoms with van der Waals surface area (Å²) in [6.07, 6.45) is 1.49. The van der Waals surface area contributed by atoms with Crippen molar-refractivity contribution in [2.24, 2.45) is 0 Å². The van der Waals surface area contributed by atoms with Crippen LogP contribution in [0.1, 0.15) is 10.4 Å². The number of carboxylic acids is 1. The van der Waals surface area contributed by atoms with Gasteiger partial charge < -0.3 is 15.2 Å². The first kappa shape index (κ1) is 20.1. The Bertz CT molecular complexity index is 1180. The topological polar surface area (TPSA) is 135 Å². The molecule has 0 aliphatic heterocycles. The lowest BCUT2D eigenvalue weighted by Gasteiger charge is -2.14. The van der Waals surface area contributed by atoms with Gasteiger partial charge in [-0.3, -0.25) is 19.3 Å². The minimum absolute atomic E-state index is 0.0959. The molecule has 150 valence electrons. The quantitative estimate of drug-likeness (QED) is 0.536. The van der Waals surface area contributed by atoms with Crippen LogP contribution in [0, 0.1) is 0 Å². The second-order valence-corrected chi connectivity index (χ2v) is 7.55. The van der Waals surface area contributed by atoms with Crippen molar-refractivity contribution in [2.75, 3.05) is 18.4 Å². The number of aliphatic carboxylic acids is 1. The standard InChI is InChI=1S/C19H17N3O6S/c1-28-15-9-6-12-3-2-10-20-17(12)18(15)29(26,27)22-14-7-4-13(5-8-14)19(25)21-11-16(23)24/h2-10,22H,11H2,1H3,(H,21,25)(H,23,24). The first-order valence-electron chi connectivity index (χ1n) is 8.36. The van der Waals surface area contributed by atoms with Gasteiger partial charge in [-0.05, 0) is 42.5 Å². The Balaban J connectivity index is 1.90. The molecule has 1 heterocycles. The summed E-state index contributed by atoms with van der Waals surface area (Å²) in [5.41, 5.74) is 0.678. The number of sulfonamides is 1. The number of nitrogens with zero attached hydrogens (tertiary/aromatic N) is 1. The van der Waals surface area contributed by atoms with Crippen molar-refractivity contribution < 1.29 is 27.9 Å². The third kappa shape index (κ3) is 4.43. The molecule has 29 heavy (non-hydrogen) atoms. The van der Waals surface area contributed by atoms with E-state index in [1.807, 2.05) is 0 Å². The molecular formula is C19H17N3O6S. The Hall–Kier alpha value is -3.66. The molecule has 3 N–H and O–H groups in total. The number of benzene rings is 2. The van der Waals surface area contributed by atoms with Crippen LogP contribution >= 0.6 is 0 Å². The summed E-state index contributed by atoms with van der Waals surface area (Å²) in [5.74, 6) is -1.60. The summed E-state index contributed by atoms with van der Waals surface area (Å²) in [4.78, 5) is 26.5. The van der Waals surface area contributed by atoms with Crippen LogP contribution in [0.3, 0.4) is 0 Å². The van der Waals surface area contributed by atoms with Gasteiger partial charge in [0.1, 0.15) is 12.3 Å². The number of hydrogen-bond acceptors (Lipinski definition) is 6. The smallest absolute Gasteiger partial charge is 0.322 e. The maximum atomic E-state index is 13.0. The molecule has 0 aliphatic carbocycles. The van der Waals surface area contributed by atoms with Crippen LogP contribution in [-0.2, 0) is 14.8 Å². The molecule has 0 fully saturated rings. The zero-order valence-electron chi connectivity index (χ0n) is 15.2. The molecule has 0 bridgehead atoms. The van der Waals surface area contributed by atoms with Crippen LogP contribution in [0.5, 0.6) is 5.75 Å². The number of carbonyl (C=O) groups excluding carboxylic acids is 1. The van der Waals surface area contributed by atoms with Gasteiger partial charge in [-0.2, -0.15) is 0 Å². The summed E-state index contributed by atoms with van der Waals surface area (Å²) in [7, 11) is -2.68. The van der Waals surface area contributed by atoms with Gasteiger partial charge >= 0.3 is 5.97 Å². The molecule has 9 nitrogen and oxygen atoms in total. The van der Waals surface area contributed by atoms with Crippen molar-refractivity contribution in [3.05, 3.63) is 60.3 Å². The Morgan fingerprint density at radius 3 is 2.48 bits per heavy atom. The van der Waals surface area contributed by atoms with E-state index >= 15 is 0 Å². The average molecular weight is 415 g/mol. The highest BCUT2D eigenvalue weighted by Gasteiger charge is 2.24. The third-order valence-corrected chi connectivity index (χ3v) is 5.42. The molecule has 3 aromatic rings. The first-order valence-corrected chi connectivity index (χ1v) is 9.85. The molecule has 0 spiro atoms. The van der Waals surface area contributed by atoms with Crippen LogP contribution in [0.25, 0.3) is 10.9 Å². The number of nitrogens with one attached hydrogen (secondary N) is 2. The number of amides is 1. The predicted molar refractivity (Wildman–Crippen MR) is 106 cm³/mol. The molecule has 0 saturated heterocycles. The van der Waals surface area contributed by atoms with Crippen molar-refractivity contribution in [2.45, 2.75) is 4.90 Å². The number of fused-ring (bicyclic) bond motifs is 1. The van der Waals surface area contributed by atoms with Gasteiger partial charge in [0, 0.05) is 22.8 Å². The maximum Gasteiger partial charge on any atom is 0.322 e. The number of hydrogen-bond donors (Lipinski definition) is 3. The van der Waals surface area contributed by atoms with Crippen molar-refractivity contribution >= 4 is 38.5 Å². The SMILES string of the molecule is COc1ccc2cccnc2c1S(=O)(=O)Nc1ccc(C(=O)NCC(=O)O)cc1. The van der Waals surface area contributed by atoms with Crippen molar-refractivity contribution in [1.82, 2.24) is 10.3 Å². The van der Waals surface area contributed by atoms with E-state index in [-0.39, 0.29) is 27.4 Å². The fourth-order valence-corrected chi connectivity index (χ4v) is 4.06. The van der Waals surface area contributed by atoms with Gasteiger partial charge in [-0.15, -0.1) is 0 Å². The van der Waals surface area contributed by atoms with E-state index in [1.165, 1.54) is 37.6 Å². The predicted octanol–water partition coefficient (Wildman–Crippen LogP) is 1.86. The Morgan fingerprint density at radius 1 is 1.10 bits per heavy atom. The lowest BCUT2D eigenvalue weighted by atomic mass is 10.2. The number of methoxy groups -OCH3 is 1. The van der Waals surface area contributed by atoms with Crippen molar-refractivity contribution in [1.29, 1.82) is 0 Å². The van der Waals surface area contributed by atoms with Gasteiger partial charge in [0.15, 0.2) is 4.90 Å². The van der Waals surface area contributed by atoms with Crippen LogP contribution < -0.4 is 14.8 Å². The minimum Gasteiger partial charge on any atom is -0.495 e. The normalized spacial score (nSPS) is 11.1. The fourth-order valence-electron chi connectivity index (χ4n) is 2.67. The van der Waals surface area contributed by atoms with E-state index in [0.717, 1.165) is 0 Å². The first-order chi connectivity index (χ1) is 13.8. The third-order valence-electron chi connectivity index (χ3n) is 3.98. The van der Waals surface area contributed by atoms with Crippen LogP contribution in [0.4, 0.5) is 5.69 Å². The summed E-state index contributed by atoms with van der Waals surface area (Å²) < 4.78 is 33.7. The number of carbonyl (C=O) groups is 2. The zero-order chi connectivity index (χ0) is 21.0. The number of carboxylic acid groups (broad SMARTS) is 1. The molecular weight excluding hydrogens is 398 g/mol. The van der Waals surface area contributed by atoms with E-state index < -0.39 is 28.4 Å². The second kappa shape index (κ2) is 8.15. The lowest BCUT2D eigenvalue weighted by Crippen LogP contribution is -2.29. The second-order valence-electron chi connectivity index (χ2n) is 5.93. The zero-order valence-corrected chi connectivity index (χ0v) is 16.1. The van der Waals surface area contributed by atoms with Gasteiger partial charge in [0.05, 0.1) is 12.6 Å². The molecule has 1 amide bonds. The molecule has 0 saturated carbocycles. The summed E-state index contributed by atoms with van der Waals surface area (Å²) in [6, 6.07) is 12.3. The molecule has 0 radical (unpaired) electrons. The summed E-state index contributed by atoms with van der Waals surface area (Å²) in [5, 5.41) is 11.5. The van der Waals surface area contributed by atoms with Crippen LogP contribution in [0.2, 0.25) is 0 Å². The van der Waals surface area contributed by atoms with Gasteiger partial charge in [-0.1, -0.05) is 6.07 Å². The number of rotatable bonds is 7. The molecule has 10 heteroatoms. The molecule has 0 aliphatic rings. The van der Waals surface area contributed by atoms with Crippen molar-refractivity contribution in [3.63, 3.8) is 0 Å². The molecule has 2 aromatic carbocycles. The fraction of sp³-hybridized carbons (Fsp3) is 0.105. The molecule has 0 unspecified atom stereocenters. The highest BCUT2D eigenvalue weighted by atomic mass is 32.2. The van der Waals surface area contributed by atoms with Gasteiger partial charge in [-0.25, -0.2) is 8.42 Å². The Morgan fingerprint density at radius 2 is 1.83 bits per heavy atom. The Labute approximate surface area is 166 Å². The summed E-state index contributed by atoms with van der Waals surface area (Å²) in [6.45, 7) is -0.513. The van der Waals surface area contributed by atoms with Gasteiger partial charge in [0.25, 0.3) is 15.9 Å². The Kier molecular flexibility index (Phi) is 5.64. The molecule has 0 atom stereocenters. The average Bonchev–Trinajstić information content (AvgIpc) is 2.71. The van der Waals surface area contributed by atoms with E-state index in [1.54, 1.807) is 24.3 Å². The van der Waals surface area contributed by atoms with E-state index in [2.05, 4.69) is 15.0 Å². The molecule has 1 aromatic heterocycles. The number of aromatic nitrogens is 1. The highest BCUT2D eigenvalue weighted by Crippen LogP contribution is 2.32. The highest BCUT2D eigenvalue weighted by molar-refractivity contribution is 7.93.